The predicted octanol–water partition coefficient (Wildman–Crippen LogP) is 2.55. The van der Waals surface area contributed by atoms with Crippen LogP contribution in [0.2, 0.25) is 0 Å². The molecular weight excluding hydrogens is 394 g/mol. The van der Waals surface area contributed by atoms with Crippen LogP contribution in [0, 0.1) is 11.3 Å². The number of rotatable bonds is 3. The van der Waals surface area contributed by atoms with E-state index < -0.39 is 0 Å². The second-order valence-corrected chi connectivity index (χ2v) is 7.15. The Hall–Kier alpha value is -4.45. The first-order valence-electron chi connectivity index (χ1n) is 9.45. The Morgan fingerprint density at radius 3 is 2.71 bits per heavy atom. The Bertz CT molecular complexity index is 1580. The number of aromatic nitrogens is 6. The monoisotopic (exact) mass is 411 g/mol. The summed E-state index contributed by atoms with van der Waals surface area (Å²) in [5.41, 5.74) is 4.20. The summed E-state index contributed by atoms with van der Waals surface area (Å²) in [6.07, 6.45) is 8.33. The molecule has 1 aromatic carbocycles. The van der Waals surface area contributed by atoms with Gasteiger partial charge in [0.2, 0.25) is 0 Å². The van der Waals surface area contributed by atoms with E-state index in [1.807, 2.05) is 25.4 Å². The maximum absolute atomic E-state index is 13.2. The number of imidazole rings is 1. The molecule has 0 saturated carbocycles. The van der Waals surface area contributed by atoms with Crippen LogP contribution >= 0.6 is 0 Å². The molecule has 0 spiro atoms. The van der Waals surface area contributed by atoms with Gasteiger partial charge < -0.3 is 4.74 Å². The summed E-state index contributed by atoms with van der Waals surface area (Å²) in [5.74, 6) is 0.652. The van der Waals surface area contributed by atoms with Crippen LogP contribution in [0.4, 0.5) is 0 Å². The van der Waals surface area contributed by atoms with E-state index in [4.69, 9.17) is 4.74 Å². The molecule has 4 heterocycles. The van der Waals surface area contributed by atoms with Crippen molar-refractivity contribution in [3.05, 3.63) is 65.2 Å². The minimum Gasteiger partial charge on any atom is -0.496 e. The molecule has 0 fully saturated rings. The lowest BCUT2D eigenvalue weighted by atomic mass is 10.0. The van der Waals surface area contributed by atoms with Gasteiger partial charge in [-0.2, -0.15) is 10.4 Å². The lowest BCUT2D eigenvalue weighted by Gasteiger charge is -2.11. The number of benzene rings is 1. The summed E-state index contributed by atoms with van der Waals surface area (Å²) in [7, 11) is 5.14. The van der Waals surface area contributed by atoms with Crippen molar-refractivity contribution in [3.63, 3.8) is 0 Å². The van der Waals surface area contributed by atoms with Crippen molar-refractivity contribution in [1.29, 1.82) is 5.26 Å². The van der Waals surface area contributed by atoms with E-state index in [-0.39, 0.29) is 5.69 Å². The van der Waals surface area contributed by atoms with Gasteiger partial charge in [-0.25, -0.2) is 4.79 Å². The van der Waals surface area contributed by atoms with Crippen molar-refractivity contribution >= 4 is 21.9 Å². The van der Waals surface area contributed by atoms with Crippen LogP contribution in [0.1, 0.15) is 5.56 Å². The molecule has 0 N–H and O–H groups in total. The average Bonchev–Trinajstić information content (AvgIpc) is 3.34. The molecule has 0 aliphatic rings. The van der Waals surface area contributed by atoms with Crippen LogP contribution in [0.25, 0.3) is 38.8 Å². The highest BCUT2D eigenvalue weighted by Gasteiger charge is 2.20. The van der Waals surface area contributed by atoms with Gasteiger partial charge >= 0.3 is 5.69 Å². The Morgan fingerprint density at radius 1 is 1.16 bits per heavy atom. The van der Waals surface area contributed by atoms with Crippen LogP contribution in [-0.2, 0) is 14.1 Å². The molecule has 0 saturated heterocycles. The predicted molar refractivity (Wildman–Crippen MR) is 115 cm³/mol. The second kappa shape index (κ2) is 6.81. The molecule has 9 nitrogen and oxygen atoms in total. The maximum Gasteiger partial charge on any atom is 0.333 e. The van der Waals surface area contributed by atoms with Crippen molar-refractivity contribution in [1.82, 2.24) is 28.9 Å². The zero-order chi connectivity index (χ0) is 21.7. The summed E-state index contributed by atoms with van der Waals surface area (Å²) < 4.78 is 10.4. The van der Waals surface area contributed by atoms with Gasteiger partial charge in [0.15, 0.2) is 0 Å². The van der Waals surface area contributed by atoms with Crippen LogP contribution in [0.5, 0.6) is 5.75 Å². The first-order chi connectivity index (χ1) is 15.0. The lowest BCUT2D eigenvalue weighted by molar-refractivity contribution is 0.417. The number of hydrogen-bond acceptors (Lipinski definition) is 6. The molecule has 5 rings (SSSR count). The second-order valence-electron chi connectivity index (χ2n) is 7.15. The van der Waals surface area contributed by atoms with Crippen molar-refractivity contribution in [3.8, 4) is 28.6 Å². The molecule has 0 aliphatic carbocycles. The molecule has 5 aromatic rings. The van der Waals surface area contributed by atoms with Gasteiger partial charge in [0.05, 0.1) is 47.3 Å². The first-order valence-corrected chi connectivity index (χ1v) is 9.45. The highest BCUT2D eigenvalue weighted by atomic mass is 16.5. The quantitative estimate of drug-likeness (QED) is 0.452. The highest BCUT2D eigenvalue weighted by molar-refractivity contribution is 6.05. The SMILES string of the molecule is COc1cc2ncc3c(c2cc1-c1cnn(C)c1)n(-c1ccncc1C#N)c(=O)n3C. The lowest BCUT2D eigenvalue weighted by Crippen LogP contribution is -2.21. The number of fused-ring (bicyclic) bond motifs is 3. The highest BCUT2D eigenvalue weighted by Crippen LogP contribution is 2.36. The number of ether oxygens (including phenoxy) is 1. The zero-order valence-corrected chi connectivity index (χ0v) is 17.1. The van der Waals surface area contributed by atoms with Gasteiger partial charge in [0, 0.05) is 55.3 Å². The third-order valence-electron chi connectivity index (χ3n) is 5.38. The van der Waals surface area contributed by atoms with Gasteiger partial charge in [-0.3, -0.25) is 23.8 Å². The molecule has 0 aliphatic heterocycles. The van der Waals surface area contributed by atoms with E-state index in [2.05, 4.69) is 21.1 Å². The fourth-order valence-corrected chi connectivity index (χ4v) is 3.87. The number of aryl methyl sites for hydroxylation is 2. The van der Waals surface area contributed by atoms with E-state index in [9.17, 15) is 10.1 Å². The van der Waals surface area contributed by atoms with Crippen molar-refractivity contribution in [2.75, 3.05) is 7.11 Å². The number of hydrogen-bond donors (Lipinski definition) is 0. The molecular formula is C22H17N7O2. The van der Waals surface area contributed by atoms with E-state index in [0.717, 1.165) is 16.5 Å². The normalized spacial score (nSPS) is 11.2. The van der Waals surface area contributed by atoms with Crippen LogP contribution in [-0.4, -0.2) is 36.0 Å². The molecule has 0 radical (unpaired) electrons. The van der Waals surface area contributed by atoms with E-state index in [1.165, 1.54) is 10.8 Å². The number of nitriles is 1. The van der Waals surface area contributed by atoms with E-state index in [1.54, 1.807) is 48.1 Å². The molecule has 0 unspecified atom stereocenters. The van der Waals surface area contributed by atoms with Gasteiger partial charge in [-0.1, -0.05) is 0 Å². The maximum atomic E-state index is 13.2. The Kier molecular flexibility index (Phi) is 4.08. The average molecular weight is 411 g/mol. The van der Waals surface area contributed by atoms with Gasteiger partial charge in [-0.15, -0.1) is 0 Å². The summed E-state index contributed by atoms with van der Waals surface area (Å²) in [4.78, 5) is 21.8. The number of nitrogens with zero attached hydrogens (tertiary/aromatic N) is 7. The smallest absolute Gasteiger partial charge is 0.333 e. The molecule has 31 heavy (non-hydrogen) atoms. The van der Waals surface area contributed by atoms with Crippen LogP contribution in [0.3, 0.4) is 0 Å². The van der Waals surface area contributed by atoms with E-state index in [0.29, 0.717) is 33.6 Å². The Balaban J connectivity index is 1.96. The summed E-state index contributed by atoms with van der Waals surface area (Å²) in [5, 5.41) is 14.6. The minimum absolute atomic E-state index is 0.272. The zero-order valence-electron chi connectivity index (χ0n) is 17.1. The Labute approximate surface area is 176 Å². The number of methoxy groups -OCH3 is 1. The molecule has 0 atom stereocenters. The Morgan fingerprint density at radius 2 is 2.00 bits per heavy atom. The third-order valence-corrected chi connectivity index (χ3v) is 5.38. The van der Waals surface area contributed by atoms with Crippen molar-refractivity contribution in [2.45, 2.75) is 0 Å². The fraction of sp³-hybridized carbons (Fsp3) is 0.136. The number of pyridine rings is 2. The third kappa shape index (κ3) is 2.69. The summed E-state index contributed by atoms with van der Waals surface area (Å²) in [6.45, 7) is 0. The van der Waals surface area contributed by atoms with Crippen LogP contribution in [0.15, 0.2) is 54.0 Å². The first kappa shape index (κ1) is 18.6. The molecule has 0 amide bonds. The van der Waals surface area contributed by atoms with E-state index >= 15 is 0 Å². The molecule has 152 valence electrons. The fourth-order valence-electron chi connectivity index (χ4n) is 3.87. The molecule has 0 bridgehead atoms. The topological polar surface area (TPSA) is 104 Å². The molecule has 4 aromatic heterocycles. The standard InChI is InChI=1S/C22H17N7O2/c1-27-12-14(10-26-27)15-6-16-17(7-20(15)31-3)25-11-19-21(16)29(22(30)28(19)2)18-4-5-24-9-13(18)8-23/h4-7,9-12H,1-3H3. The van der Waals surface area contributed by atoms with Gasteiger partial charge in [0.25, 0.3) is 0 Å². The summed E-state index contributed by atoms with van der Waals surface area (Å²) in [6, 6.07) is 7.58. The van der Waals surface area contributed by atoms with Crippen molar-refractivity contribution in [2.24, 2.45) is 14.1 Å². The van der Waals surface area contributed by atoms with Crippen LogP contribution < -0.4 is 10.4 Å². The van der Waals surface area contributed by atoms with Gasteiger partial charge in [-0.05, 0) is 12.1 Å². The summed E-state index contributed by atoms with van der Waals surface area (Å²) >= 11 is 0. The minimum atomic E-state index is -0.272. The van der Waals surface area contributed by atoms with Crippen molar-refractivity contribution < 1.29 is 4.74 Å². The molecule has 9 heteroatoms. The largest absolute Gasteiger partial charge is 0.496 e. The van der Waals surface area contributed by atoms with Gasteiger partial charge in [0.1, 0.15) is 11.8 Å².